The summed E-state index contributed by atoms with van der Waals surface area (Å²) in [6, 6.07) is 22.9. The van der Waals surface area contributed by atoms with Gasteiger partial charge >= 0.3 is 0 Å². The molecule has 2 aromatic carbocycles. The van der Waals surface area contributed by atoms with Crippen molar-refractivity contribution in [1.29, 1.82) is 0 Å². The first-order valence-corrected chi connectivity index (χ1v) is 9.93. The number of hydrogen-bond acceptors (Lipinski definition) is 4. The van der Waals surface area contributed by atoms with Crippen molar-refractivity contribution in [2.45, 2.75) is 13.2 Å². The van der Waals surface area contributed by atoms with E-state index in [2.05, 4.69) is 15.4 Å². The molecule has 0 radical (unpaired) electrons. The van der Waals surface area contributed by atoms with Crippen molar-refractivity contribution in [2.24, 2.45) is 0 Å². The van der Waals surface area contributed by atoms with Gasteiger partial charge in [-0.1, -0.05) is 30.3 Å². The van der Waals surface area contributed by atoms with E-state index < -0.39 is 0 Å². The highest BCUT2D eigenvalue weighted by atomic mass is 16.5. The highest BCUT2D eigenvalue weighted by Gasteiger charge is 2.01. The Morgan fingerprint density at radius 3 is 2.52 bits per heavy atom. The van der Waals surface area contributed by atoms with Crippen molar-refractivity contribution in [3.05, 3.63) is 114 Å². The first-order chi connectivity index (χ1) is 15.2. The zero-order valence-electron chi connectivity index (χ0n) is 16.9. The third-order valence-electron chi connectivity index (χ3n) is 4.55. The average molecular weight is 410 g/mol. The number of ether oxygens (including phenoxy) is 1. The van der Waals surface area contributed by atoms with Gasteiger partial charge in [0, 0.05) is 30.4 Å². The van der Waals surface area contributed by atoms with E-state index in [0.717, 1.165) is 28.3 Å². The van der Waals surface area contributed by atoms with Crippen LogP contribution < -0.4 is 10.1 Å². The van der Waals surface area contributed by atoms with Crippen LogP contribution in [-0.4, -0.2) is 20.7 Å². The maximum Gasteiger partial charge on any atom is 0.248 e. The van der Waals surface area contributed by atoms with Gasteiger partial charge in [-0.3, -0.25) is 14.5 Å². The van der Waals surface area contributed by atoms with Crippen LogP contribution >= 0.6 is 0 Å². The summed E-state index contributed by atoms with van der Waals surface area (Å²) in [7, 11) is 0. The van der Waals surface area contributed by atoms with Gasteiger partial charge in [0.1, 0.15) is 12.4 Å². The fourth-order valence-corrected chi connectivity index (χ4v) is 2.95. The Morgan fingerprint density at radius 2 is 1.81 bits per heavy atom. The van der Waals surface area contributed by atoms with Crippen LogP contribution in [0.1, 0.15) is 16.8 Å². The maximum atomic E-state index is 12.2. The lowest BCUT2D eigenvalue weighted by Crippen LogP contribution is -2.08. The Morgan fingerprint density at radius 1 is 0.968 bits per heavy atom. The molecule has 6 heteroatoms. The molecule has 2 aromatic heterocycles. The highest BCUT2D eigenvalue weighted by molar-refractivity contribution is 6.01. The summed E-state index contributed by atoms with van der Waals surface area (Å²) in [5.41, 5.74) is 3.65. The Kier molecular flexibility index (Phi) is 6.50. The minimum atomic E-state index is -0.185. The van der Waals surface area contributed by atoms with Gasteiger partial charge in [0.15, 0.2) is 0 Å². The molecule has 1 N–H and O–H groups in total. The lowest BCUT2D eigenvalue weighted by atomic mass is 10.2. The summed E-state index contributed by atoms with van der Waals surface area (Å²) in [5.74, 6) is 0.567. The summed E-state index contributed by atoms with van der Waals surface area (Å²) in [6.07, 6.45) is 8.70. The van der Waals surface area contributed by atoms with E-state index in [4.69, 9.17) is 4.74 Å². The minimum absolute atomic E-state index is 0.185. The van der Waals surface area contributed by atoms with Gasteiger partial charge in [0.05, 0.1) is 12.2 Å². The first kappa shape index (κ1) is 20.1. The normalized spacial score (nSPS) is 10.8. The average Bonchev–Trinajstić information content (AvgIpc) is 3.32. The van der Waals surface area contributed by atoms with Crippen LogP contribution in [-0.2, 0) is 17.9 Å². The summed E-state index contributed by atoms with van der Waals surface area (Å²) in [5, 5.41) is 7.06. The molecule has 0 unspecified atom stereocenters. The number of amides is 1. The molecular formula is C25H22N4O2. The summed E-state index contributed by atoms with van der Waals surface area (Å²) in [6.45, 7) is 1.11. The van der Waals surface area contributed by atoms with Crippen molar-refractivity contribution < 1.29 is 9.53 Å². The summed E-state index contributed by atoms with van der Waals surface area (Å²) in [4.78, 5) is 16.4. The van der Waals surface area contributed by atoms with Crippen molar-refractivity contribution in [2.75, 3.05) is 5.32 Å². The van der Waals surface area contributed by atoms with Crippen molar-refractivity contribution >= 4 is 17.7 Å². The van der Waals surface area contributed by atoms with Crippen LogP contribution in [0.3, 0.4) is 0 Å². The van der Waals surface area contributed by atoms with Crippen molar-refractivity contribution in [3.8, 4) is 5.75 Å². The van der Waals surface area contributed by atoms with Crippen LogP contribution in [0.15, 0.2) is 97.5 Å². The Balaban J connectivity index is 1.26. The fourth-order valence-electron chi connectivity index (χ4n) is 2.95. The number of nitrogens with one attached hydrogen (secondary N) is 1. The molecule has 0 aliphatic heterocycles. The number of rotatable bonds is 8. The number of hydrogen-bond donors (Lipinski definition) is 1. The molecule has 0 atom stereocenters. The smallest absolute Gasteiger partial charge is 0.248 e. The largest absolute Gasteiger partial charge is 0.487 e. The van der Waals surface area contributed by atoms with E-state index in [-0.39, 0.29) is 5.91 Å². The molecular weight excluding hydrogens is 388 g/mol. The van der Waals surface area contributed by atoms with Crippen molar-refractivity contribution in [3.63, 3.8) is 0 Å². The van der Waals surface area contributed by atoms with E-state index in [9.17, 15) is 4.79 Å². The molecule has 154 valence electrons. The zero-order chi connectivity index (χ0) is 21.3. The molecule has 4 rings (SSSR count). The molecule has 0 saturated carbocycles. The van der Waals surface area contributed by atoms with Crippen LogP contribution in [0.2, 0.25) is 0 Å². The number of nitrogens with zero attached hydrogens (tertiary/aromatic N) is 3. The summed E-state index contributed by atoms with van der Waals surface area (Å²) >= 11 is 0. The third-order valence-corrected chi connectivity index (χ3v) is 4.55. The second-order valence-corrected chi connectivity index (χ2v) is 6.90. The zero-order valence-corrected chi connectivity index (χ0v) is 16.9. The second-order valence-electron chi connectivity index (χ2n) is 6.90. The monoisotopic (exact) mass is 410 g/mol. The topological polar surface area (TPSA) is 69.0 Å². The predicted octanol–water partition coefficient (Wildman–Crippen LogP) is 4.56. The van der Waals surface area contributed by atoms with Gasteiger partial charge in [-0.2, -0.15) is 5.10 Å². The number of anilines is 1. The number of carbonyl (C=O) groups is 1. The van der Waals surface area contributed by atoms with Crippen LogP contribution in [0.5, 0.6) is 5.75 Å². The molecule has 1 amide bonds. The lowest BCUT2D eigenvalue weighted by molar-refractivity contribution is -0.111. The van der Waals surface area contributed by atoms with E-state index in [0.29, 0.717) is 13.2 Å². The van der Waals surface area contributed by atoms with E-state index >= 15 is 0 Å². The Bertz CT molecular complexity index is 1120. The highest BCUT2D eigenvalue weighted by Crippen LogP contribution is 2.15. The van der Waals surface area contributed by atoms with Gasteiger partial charge in [0.25, 0.3) is 0 Å². The number of benzene rings is 2. The van der Waals surface area contributed by atoms with Gasteiger partial charge in [-0.15, -0.1) is 0 Å². The lowest BCUT2D eigenvalue weighted by Gasteiger charge is -2.06. The molecule has 0 aliphatic carbocycles. The predicted molar refractivity (Wildman–Crippen MR) is 120 cm³/mol. The van der Waals surface area contributed by atoms with Gasteiger partial charge in [-0.05, 0) is 59.7 Å². The van der Waals surface area contributed by atoms with Crippen LogP contribution in [0.4, 0.5) is 5.69 Å². The SMILES string of the molecule is O=C(C=Cc1ccc(OCc2ccccn2)cc1)Nc1ccc(Cn2cccn2)cc1. The second kappa shape index (κ2) is 10.0. The van der Waals surface area contributed by atoms with E-state index in [1.807, 2.05) is 83.7 Å². The first-order valence-electron chi connectivity index (χ1n) is 9.93. The molecule has 4 aromatic rings. The summed E-state index contributed by atoms with van der Waals surface area (Å²) < 4.78 is 7.58. The van der Waals surface area contributed by atoms with E-state index in [1.165, 1.54) is 6.08 Å². The Hall–Kier alpha value is -4.19. The maximum absolute atomic E-state index is 12.2. The third kappa shape index (κ3) is 6.14. The van der Waals surface area contributed by atoms with E-state index in [1.54, 1.807) is 18.5 Å². The van der Waals surface area contributed by atoms with Gasteiger partial charge in [0.2, 0.25) is 5.91 Å². The molecule has 2 heterocycles. The van der Waals surface area contributed by atoms with Crippen LogP contribution in [0, 0.1) is 0 Å². The molecule has 0 fully saturated rings. The number of carbonyl (C=O) groups excluding carboxylic acids is 1. The van der Waals surface area contributed by atoms with Gasteiger partial charge < -0.3 is 10.1 Å². The minimum Gasteiger partial charge on any atom is -0.487 e. The molecule has 0 spiro atoms. The quantitative estimate of drug-likeness (QED) is 0.433. The fraction of sp³-hybridized carbons (Fsp3) is 0.0800. The molecule has 0 aliphatic rings. The standard InChI is InChI=1S/C25H22N4O2/c30-25(28-22-10-5-21(6-11-22)18-29-17-3-16-27-29)14-9-20-7-12-24(13-8-20)31-19-23-4-1-2-15-26-23/h1-17H,18-19H2,(H,28,30). The molecule has 6 nitrogen and oxygen atoms in total. The number of pyridine rings is 1. The molecule has 31 heavy (non-hydrogen) atoms. The van der Waals surface area contributed by atoms with Crippen molar-refractivity contribution in [1.82, 2.24) is 14.8 Å². The molecule has 0 saturated heterocycles. The molecule has 0 bridgehead atoms. The Labute approximate surface area is 180 Å². The van der Waals surface area contributed by atoms with Crippen LogP contribution in [0.25, 0.3) is 6.08 Å². The van der Waals surface area contributed by atoms with Gasteiger partial charge in [-0.25, -0.2) is 0 Å². The number of aromatic nitrogens is 3.